The van der Waals surface area contributed by atoms with Crippen molar-refractivity contribution in [2.24, 2.45) is 0 Å². The fraction of sp³-hybridized carbons (Fsp3) is 0.667. The fourth-order valence-corrected chi connectivity index (χ4v) is 2.23. The van der Waals surface area contributed by atoms with Gasteiger partial charge in [-0.05, 0) is 32.6 Å². The molecule has 0 atom stereocenters. The summed E-state index contributed by atoms with van der Waals surface area (Å²) in [6.45, 7) is 3.41. The SMILES string of the molecule is CCNC(=O)CCn1cnc2c1CCCC2. The van der Waals surface area contributed by atoms with Crippen LogP contribution in [0.5, 0.6) is 0 Å². The van der Waals surface area contributed by atoms with Gasteiger partial charge in [0.25, 0.3) is 0 Å². The molecule has 1 aliphatic carbocycles. The Morgan fingerprint density at radius 3 is 3.12 bits per heavy atom. The molecule has 0 aliphatic heterocycles. The quantitative estimate of drug-likeness (QED) is 0.832. The highest BCUT2D eigenvalue weighted by Crippen LogP contribution is 2.19. The topological polar surface area (TPSA) is 46.9 Å². The van der Waals surface area contributed by atoms with Crippen LogP contribution in [0, 0.1) is 0 Å². The molecule has 1 aliphatic rings. The van der Waals surface area contributed by atoms with E-state index in [9.17, 15) is 4.79 Å². The number of rotatable bonds is 4. The number of aryl methyl sites for hydroxylation is 2. The number of fused-ring (bicyclic) bond motifs is 1. The van der Waals surface area contributed by atoms with Crippen LogP contribution in [0.1, 0.15) is 37.6 Å². The molecule has 1 N–H and O–H groups in total. The maximum absolute atomic E-state index is 11.4. The highest BCUT2D eigenvalue weighted by atomic mass is 16.1. The van der Waals surface area contributed by atoms with Gasteiger partial charge in [0.15, 0.2) is 0 Å². The summed E-state index contributed by atoms with van der Waals surface area (Å²) in [5.41, 5.74) is 2.58. The van der Waals surface area contributed by atoms with Crippen molar-refractivity contribution < 1.29 is 4.79 Å². The van der Waals surface area contributed by atoms with Crippen molar-refractivity contribution in [2.45, 2.75) is 45.6 Å². The summed E-state index contributed by atoms with van der Waals surface area (Å²) in [6, 6.07) is 0. The van der Waals surface area contributed by atoms with E-state index in [0.29, 0.717) is 13.0 Å². The van der Waals surface area contributed by atoms with Crippen molar-refractivity contribution in [3.63, 3.8) is 0 Å². The van der Waals surface area contributed by atoms with E-state index in [2.05, 4.69) is 14.9 Å². The lowest BCUT2D eigenvalue weighted by atomic mass is 10.0. The zero-order valence-electron chi connectivity index (χ0n) is 9.83. The number of nitrogens with one attached hydrogen (secondary N) is 1. The summed E-state index contributed by atoms with van der Waals surface area (Å²) in [5, 5.41) is 2.82. The molecule has 0 fully saturated rings. The molecule has 1 aromatic rings. The van der Waals surface area contributed by atoms with Crippen molar-refractivity contribution in [2.75, 3.05) is 6.54 Å². The van der Waals surface area contributed by atoms with Gasteiger partial charge in [-0.1, -0.05) is 0 Å². The number of hydrogen-bond acceptors (Lipinski definition) is 2. The molecule has 0 radical (unpaired) electrons. The summed E-state index contributed by atoms with van der Waals surface area (Å²) in [6.07, 6.45) is 7.15. The van der Waals surface area contributed by atoms with Crippen molar-refractivity contribution in [1.82, 2.24) is 14.9 Å². The minimum absolute atomic E-state index is 0.126. The van der Waals surface area contributed by atoms with E-state index in [4.69, 9.17) is 0 Å². The molecule has 1 aromatic heterocycles. The van der Waals surface area contributed by atoms with Gasteiger partial charge < -0.3 is 9.88 Å². The third-order valence-electron chi connectivity index (χ3n) is 3.06. The Kier molecular flexibility index (Phi) is 3.59. The van der Waals surface area contributed by atoms with E-state index in [1.54, 1.807) is 0 Å². The molecule has 0 spiro atoms. The molecule has 1 amide bonds. The Bertz CT molecular complexity index is 370. The zero-order chi connectivity index (χ0) is 11.4. The third kappa shape index (κ3) is 2.43. The first kappa shape index (κ1) is 11.2. The number of amides is 1. The van der Waals surface area contributed by atoms with E-state index in [0.717, 1.165) is 19.4 Å². The van der Waals surface area contributed by atoms with Crippen LogP contribution in [0.15, 0.2) is 6.33 Å². The number of hydrogen-bond donors (Lipinski definition) is 1. The monoisotopic (exact) mass is 221 g/mol. The van der Waals surface area contributed by atoms with Crippen molar-refractivity contribution in [1.29, 1.82) is 0 Å². The second-order valence-electron chi connectivity index (χ2n) is 4.24. The number of imidazole rings is 1. The Hall–Kier alpha value is -1.32. The summed E-state index contributed by atoms with van der Waals surface area (Å²) in [5.74, 6) is 0.126. The Labute approximate surface area is 96.1 Å². The van der Waals surface area contributed by atoms with E-state index >= 15 is 0 Å². The highest BCUT2D eigenvalue weighted by Gasteiger charge is 2.15. The lowest BCUT2D eigenvalue weighted by Crippen LogP contribution is -2.24. The van der Waals surface area contributed by atoms with Crippen LogP contribution in [-0.4, -0.2) is 22.0 Å². The van der Waals surface area contributed by atoms with Gasteiger partial charge in [0.1, 0.15) is 0 Å². The van der Waals surface area contributed by atoms with Crippen LogP contribution in [0.25, 0.3) is 0 Å². The van der Waals surface area contributed by atoms with Gasteiger partial charge >= 0.3 is 0 Å². The van der Waals surface area contributed by atoms with E-state index < -0.39 is 0 Å². The van der Waals surface area contributed by atoms with Crippen LogP contribution in [-0.2, 0) is 24.2 Å². The number of carbonyl (C=O) groups excluding carboxylic acids is 1. The molecule has 2 rings (SSSR count). The van der Waals surface area contributed by atoms with Crippen LogP contribution < -0.4 is 5.32 Å². The smallest absolute Gasteiger partial charge is 0.221 e. The van der Waals surface area contributed by atoms with Gasteiger partial charge in [0.05, 0.1) is 12.0 Å². The standard InChI is InChI=1S/C12H19N3O/c1-2-13-12(16)7-8-15-9-14-10-5-3-4-6-11(10)15/h9H,2-8H2,1H3,(H,13,16). The van der Waals surface area contributed by atoms with Crippen LogP contribution in [0.3, 0.4) is 0 Å². The summed E-state index contributed by atoms with van der Waals surface area (Å²) in [4.78, 5) is 15.8. The molecule has 16 heavy (non-hydrogen) atoms. The van der Waals surface area contributed by atoms with Crippen molar-refractivity contribution >= 4 is 5.91 Å². The van der Waals surface area contributed by atoms with Crippen molar-refractivity contribution in [3.05, 3.63) is 17.7 Å². The predicted molar refractivity (Wildman–Crippen MR) is 62.2 cm³/mol. The molecular formula is C12H19N3O. The van der Waals surface area contributed by atoms with E-state index in [1.807, 2.05) is 13.3 Å². The number of nitrogens with zero attached hydrogens (tertiary/aromatic N) is 2. The molecule has 4 nitrogen and oxygen atoms in total. The average molecular weight is 221 g/mol. The molecular weight excluding hydrogens is 202 g/mol. The first-order chi connectivity index (χ1) is 7.81. The lowest BCUT2D eigenvalue weighted by Gasteiger charge is -2.13. The lowest BCUT2D eigenvalue weighted by molar-refractivity contribution is -0.121. The van der Waals surface area contributed by atoms with Crippen molar-refractivity contribution in [3.8, 4) is 0 Å². The average Bonchev–Trinajstić information content (AvgIpc) is 2.70. The maximum Gasteiger partial charge on any atom is 0.221 e. The van der Waals surface area contributed by atoms with Crippen LogP contribution in [0.4, 0.5) is 0 Å². The van der Waals surface area contributed by atoms with E-state index in [-0.39, 0.29) is 5.91 Å². The first-order valence-electron chi connectivity index (χ1n) is 6.11. The largest absolute Gasteiger partial charge is 0.356 e. The van der Waals surface area contributed by atoms with Crippen LogP contribution >= 0.6 is 0 Å². The minimum atomic E-state index is 0.126. The zero-order valence-corrected chi connectivity index (χ0v) is 9.83. The molecule has 0 unspecified atom stereocenters. The van der Waals surface area contributed by atoms with Gasteiger partial charge in [-0.15, -0.1) is 0 Å². The van der Waals surface area contributed by atoms with E-state index in [1.165, 1.54) is 24.2 Å². The van der Waals surface area contributed by atoms with Gasteiger partial charge in [0.2, 0.25) is 5.91 Å². The first-order valence-corrected chi connectivity index (χ1v) is 6.11. The summed E-state index contributed by atoms with van der Waals surface area (Å²) in [7, 11) is 0. The summed E-state index contributed by atoms with van der Waals surface area (Å²) >= 11 is 0. The van der Waals surface area contributed by atoms with Gasteiger partial charge in [-0.3, -0.25) is 4.79 Å². The second-order valence-corrected chi connectivity index (χ2v) is 4.24. The number of carbonyl (C=O) groups is 1. The number of aromatic nitrogens is 2. The molecule has 0 saturated heterocycles. The molecule has 4 heteroatoms. The molecule has 0 aromatic carbocycles. The Balaban J connectivity index is 1.94. The molecule has 88 valence electrons. The molecule has 0 bridgehead atoms. The highest BCUT2D eigenvalue weighted by molar-refractivity contribution is 5.75. The predicted octanol–water partition coefficient (Wildman–Crippen LogP) is 1.29. The molecule has 1 heterocycles. The Morgan fingerprint density at radius 2 is 2.31 bits per heavy atom. The second kappa shape index (κ2) is 5.14. The molecule has 0 saturated carbocycles. The Morgan fingerprint density at radius 1 is 1.50 bits per heavy atom. The fourth-order valence-electron chi connectivity index (χ4n) is 2.23. The third-order valence-corrected chi connectivity index (χ3v) is 3.06. The minimum Gasteiger partial charge on any atom is -0.356 e. The van der Waals surface area contributed by atoms with Gasteiger partial charge in [-0.25, -0.2) is 4.98 Å². The van der Waals surface area contributed by atoms with Crippen LogP contribution in [0.2, 0.25) is 0 Å². The van der Waals surface area contributed by atoms with Gasteiger partial charge in [-0.2, -0.15) is 0 Å². The maximum atomic E-state index is 11.4. The summed E-state index contributed by atoms with van der Waals surface area (Å²) < 4.78 is 2.14. The normalized spacial score (nSPS) is 14.6. The van der Waals surface area contributed by atoms with Gasteiger partial charge in [0, 0.05) is 25.2 Å².